The second-order valence-electron chi connectivity index (χ2n) is 5.93. The van der Waals surface area contributed by atoms with Crippen molar-refractivity contribution in [2.45, 2.75) is 83.2 Å². The lowest BCUT2D eigenvalue weighted by molar-refractivity contribution is -0.284. The summed E-state index contributed by atoms with van der Waals surface area (Å²) in [6.07, 6.45) is 0.00449. The summed E-state index contributed by atoms with van der Waals surface area (Å²) in [4.78, 5) is 0. The van der Waals surface area contributed by atoms with Crippen LogP contribution in [-0.2, 0) is 9.84 Å². The second-order valence-corrected chi connectivity index (χ2v) is 8.24. The van der Waals surface area contributed by atoms with Crippen molar-refractivity contribution in [3.63, 3.8) is 0 Å². The van der Waals surface area contributed by atoms with Crippen LogP contribution in [0.4, 0.5) is 22.0 Å². The fourth-order valence-electron chi connectivity index (χ4n) is 2.21. The van der Waals surface area contributed by atoms with Crippen LogP contribution in [0.2, 0.25) is 0 Å². The van der Waals surface area contributed by atoms with Gasteiger partial charge in [-0.1, -0.05) is 51.9 Å². The van der Waals surface area contributed by atoms with Crippen LogP contribution < -0.4 is 0 Å². The molecule has 0 aromatic rings. The van der Waals surface area contributed by atoms with Gasteiger partial charge < -0.3 is 0 Å². The maximum absolute atomic E-state index is 12.7. The average molecular weight is 366 g/mol. The molecule has 0 saturated heterocycles. The lowest BCUT2D eigenvalue weighted by Gasteiger charge is -2.19. The number of sulfone groups is 1. The van der Waals surface area contributed by atoms with E-state index in [2.05, 4.69) is 6.92 Å². The molecule has 0 amide bonds. The highest BCUT2D eigenvalue weighted by Gasteiger charge is 2.56. The fraction of sp³-hybridized carbons (Fsp3) is 1.00. The van der Waals surface area contributed by atoms with Crippen molar-refractivity contribution in [1.29, 1.82) is 0 Å². The van der Waals surface area contributed by atoms with Gasteiger partial charge in [0.15, 0.2) is 0 Å². The Labute approximate surface area is 135 Å². The monoisotopic (exact) mass is 366 g/mol. The summed E-state index contributed by atoms with van der Waals surface area (Å²) >= 11 is 0. The van der Waals surface area contributed by atoms with Crippen LogP contribution in [0.15, 0.2) is 0 Å². The van der Waals surface area contributed by atoms with Crippen LogP contribution in [0.25, 0.3) is 0 Å². The summed E-state index contributed by atoms with van der Waals surface area (Å²) in [5, 5.41) is 0. The molecule has 23 heavy (non-hydrogen) atoms. The first-order chi connectivity index (χ1) is 10.5. The average Bonchev–Trinajstić information content (AvgIpc) is 2.40. The number of alkyl halides is 5. The number of halogens is 5. The Morgan fingerprint density at radius 2 is 1.13 bits per heavy atom. The molecule has 0 N–H and O–H groups in total. The van der Waals surface area contributed by atoms with Crippen molar-refractivity contribution in [2.75, 3.05) is 11.5 Å². The SMILES string of the molecule is CCCCCCCCCCS(=O)(=O)CCCC(F)(F)C(F)(F)F. The Kier molecular flexibility index (Phi) is 10.3. The van der Waals surface area contributed by atoms with Crippen molar-refractivity contribution in [3.05, 3.63) is 0 Å². The van der Waals surface area contributed by atoms with Crippen LogP contribution in [0.3, 0.4) is 0 Å². The van der Waals surface area contributed by atoms with E-state index >= 15 is 0 Å². The van der Waals surface area contributed by atoms with Gasteiger partial charge >= 0.3 is 12.1 Å². The first kappa shape index (κ1) is 22.6. The zero-order chi connectivity index (χ0) is 18.0. The van der Waals surface area contributed by atoms with Crippen molar-refractivity contribution >= 4 is 9.84 Å². The minimum Gasteiger partial charge on any atom is -0.229 e. The predicted molar refractivity (Wildman–Crippen MR) is 81.5 cm³/mol. The molecule has 0 fully saturated rings. The van der Waals surface area contributed by atoms with Crippen molar-refractivity contribution < 1.29 is 30.4 Å². The van der Waals surface area contributed by atoms with Gasteiger partial charge in [-0.3, -0.25) is 0 Å². The van der Waals surface area contributed by atoms with Crippen LogP contribution in [-0.4, -0.2) is 32.0 Å². The molecule has 0 aromatic heterocycles. The molecule has 0 aliphatic carbocycles. The maximum Gasteiger partial charge on any atom is 0.453 e. The van der Waals surface area contributed by atoms with Gasteiger partial charge in [0, 0.05) is 6.42 Å². The molecule has 0 aliphatic heterocycles. The molecule has 140 valence electrons. The molecule has 0 aliphatic rings. The van der Waals surface area contributed by atoms with E-state index in [0.717, 1.165) is 32.1 Å². The van der Waals surface area contributed by atoms with Crippen molar-refractivity contribution in [3.8, 4) is 0 Å². The largest absolute Gasteiger partial charge is 0.453 e. The molecule has 0 unspecified atom stereocenters. The summed E-state index contributed by atoms with van der Waals surface area (Å²) < 4.78 is 84.4. The number of unbranched alkanes of at least 4 members (excludes halogenated alkanes) is 7. The van der Waals surface area contributed by atoms with Crippen molar-refractivity contribution in [1.82, 2.24) is 0 Å². The van der Waals surface area contributed by atoms with Gasteiger partial charge in [-0.15, -0.1) is 0 Å². The van der Waals surface area contributed by atoms with E-state index in [-0.39, 0.29) is 5.75 Å². The smallest absolute Gasteiger partial charge is 0.229 e. The van der Waals surface area contributed by atoms with Gasteiger partial charge in [-0.25, -0.2) is 8.42 Å². The van der Waals surface area contributed by atoms with Gasteiger partial charge in [0.2, 0.25) is 0 Å². The third-order valence-corrected chi connectivity index (χ3v) is 5.49. The first-order valence-electron chi connectivity index (χ1n) is 8.17. The zero-order valence-electron chi connectivity index (χ0n) is 13.6. The standard InChI is InChI=1S/C15H27F5O2S/c1-2-3-4-5-6-7-8-9-12-23(21,22)13-10-11-14(16,17)15(18,19)20/h2-13H2,1H3. The molecule has 0 radical (unpaired) electrons. The quantitative estimate of drug-likeness (QED) is 0.318. The number of hydrogen-bond acceptors (Lipinski definition) is 2. The third kappa shape index (κ3) is 10.9. The van der Waals surface area contributed by atoms with Gasteiger partial charge in [0.25, 0.3) is 0 Å². The fourth-order valence-corrected chi connectivity index (χ4v) is 3.65. The Hall–Kier alpha value is -0.400. The Balaban J connectivity index is 3.82. The lowest BCUT2D eigenvalue weighted by atomic mass is 10.1. The van der Waals surface area contributed by atoms with E-state index in [1.807, 2.05) is 0 Å². The summed E-state index contributed by atoms with van der Waals surface area (Å²) in [6, 6.07) is 0. The van der Waals surface area contributed by atoms with Gasteiger partial charge in [-0.2, -0.15) is 22.0 Å². The minimum atomic E-state index is -5.62. The number of hydrogen-bond donors (Lipinski definition) is 0. The third-order valence-electron chi connectivity index (χ3n) is 3.67. The molecule has 0 heterocycles. The van der Waals surface area contributed by atoms with Crippen molar-refractivity contribution in [2.24, 2.45) is 0 Å². The summed E-state index contributed by atoms with van der Waals surface area (Å²) in [5.41, 5.74) is 0. The molecule has 0 spiro atoms. The Bertz CT molecular complexity index is 405. The van der Waals surface area contributed by atoms with Crippen LogP contribution in [0.5, 0.6) is 0 Å². The number of rotatable bonds is 13. The highest BCUT2D eigenvalue weighted by Crippen LogP contribution is 2.38. The topological polar surface area (TPSA) is 34.1 Å². The predicted octanol–water partition coefficient (Wildman–Crippen LogP) is 5.52. The molecule has 0 rings (SSSR count). The lowest BCUT2D eigenvalue weighted by Crippen LogP contribution is -2.36. The molecule has 0 atom stereocenters. The maximum atomic E-state index is 12.7. The Morgan fingerprint density at radius 1 is 0.696 bits per heavy atom. The summed E-state index contributed by atoms with van der Waals surface area (Å²) in [5.74, 6) is -5.57. The second kappa shape index (κ2) is 10.5. The zero-order valence-corrected chi connectivity index (χ0v) is 14.4. The van der Waals surface area contributed by atoms with E-state index in [9.17, 15) is 30.4 Å². The highest BCUT2D eigenvalue weighted by molar-refractivity contribution is 7.91. The summed E-state index contributed by atoms with van der Waals surface area (Å²) in [6.45, 7) is 2.12. The van der Waals surface area contributed by atoms with Crippen LogP contribution >= 0.6 is 0 Å². The molecule has 8 heteroatoms. The first-order valence-corrected chi connectivity index (χ1v) is 9.99. The van der Waals surface area contributed by atoms with E-state index in [1.165, 1.54) is 12.8 Å². The molecular weight excluding hydrogens is 339 g/mol. The Morgan fingerprint density at radius 3 is 1.61 bits per heavy atom. The van der Waals surface area contributed by atoms with Crippen LogP contribution in [0, 0.1) is 0 Å². The van der Waals surface area contributed by atoms with Gasteiger partial charge in [0.1, 0.15) is 9.84 Å². The molecule has 0 bridgehead atoms. The van der Waals surface area contributed by atoms with E-state index in [4.69, 9.17) is 0 Å². The summed E-state index contributed by atoms with van der Waals surface area (Å²) in [7, 11) is -3.55. The molecule has 0 saturated carbocycles. The normalized spacial score (nSPS) is 13.5. The van der Waals surface area contributed by atoms with Crippen LogP contribution in [0.1, 0.15) is 71.1 Å². The van der Waals surface area contributed by atoms with Gasteiger partial charge in [-0.05, 0) is 12.8 Å². The van der Waals surface area contributed by atoms with Gasteiger partial charge in [0.05, 0.1) is 11.5 Å². The minimum absolute atomic E-state index is 0.139. The van der Waals surface area contributed by atoms with E-state index in [1.54, 1.807) is 0 Å². The highest BCUT2D eigenvalue weighted by atomic mass is 32.2. The van der Waals surface area contributed by atoms with E-state index < -0.39 is 40.5 Å². The van der Waals surface area contributed by atoms with E-state index in [0.29, 0.717) is 6.42 Å². The molecule has 0 aromatic carbocycles. The molecular formula is C15H27F5O2S. The molecule has 2 nitrogen and oxygen atoms in total.